The molecule has 0 radical (unpaired) electrons. The van der Waals surface area contributed by atoms with Crippen molar-refractivity contribution in [3.63, 3.8) is 0 Å². The Labute approximate surface area is 132 Å². The van der Waals surface area contributed by atoms with Gasteiger partial charge in [-0.05, 0) is 18.6 Å². The maximum atomic E-state index is 5.37. The lowest BCUT2D eigenvalue weighted by molar-refractivity contribution is 0.192. The Morgan fingerprint density at radius 2 is 2.22 bits per heavy atom. The molecular weight excluding hydrogens is 296 g/mol. The number of hydrogen-bond donors (Lipinski definition) is 0. The van der Waals surface area contributed by atoms with Gasteiger partial charge >= 0.3 is 0 Å². The van der Waals surface area contributed by atoms with Gasteiger partial charge in [0.2, 0.25) is 0 Å². The topological polar surface area (TPSA) is 75.2 Å². The SMILES string of the molecule is COc1ccccc1-n1cc(-c2nc([C@@H]3CCOC3)no2)cn1. The molecule has 0 aliphatic carbocycles. The van der Waals surface area contributed by atoms with E-state index in [9.17, 15) is 0 Å². The normalized spacial score (nSPS) is 17.5. The zero-order valence-electron chi connectivity index (χ0n) is 12.7. The van der Waals surface area contributed by atoms with E-state index in [2.05, 4.69) is 15.2 Å². The number of hydrogen-bond acceptors (Lipinski definition) is 6. The summed E-state index contributed by atoms with van der Waals surface area (Å²) >= 11 is 0. The van der Waals surface area contributed by atoms with E-state index in [1.165, 1.54) is 0 Å². The van der Waals surface area contributed by atoms with E-state index in [1.54, 1.807) is 18.0 Å². The van der Waals surface area contributed by atoms with Gasteiger partial charge in [-0.25, -0.2) is 4.68 Å². The third kappa shape index (κ3) is 2.59. The van der Waals surface area contributed by atoms with Crippen LogP contribution in [0.3, 0.4) is 0 Å². The van der Waals surface area contributed by atoms with Crippen molar-refractivity contribution in [1.82, 2.24) is 19.9 Å². The highest BCUT2D eigenvalue weighted by atomic mass is 16.5. The van der Waals surface area contributed by atoms with E-state index < -0.39 is 0 Å². The summed E-state index contributed by atoms with van der Waals surface area (Å²) < 4.78 is 17.8. The van der Waals surface area contributed by atoms with Crippen LogP contribution in [0.4, 0.5) is 0 Å². The molecule has 7 heteroatoms. The lowest BCUT2D eigenvalue weighted by Gasteiger charge is -2.07. The minimum Gasteiger partial charge on any atom is -0.494 e. The van der Waals surface area contributed by atoms with Gasteiger partial charge in [0.25, 0.3) is 5.89 Å². The van der Waals surface area contributed by atoms with Gasteiger partial charge in [0, 0.05) is 18.7 Å². The molecule has 3 aromatic rings. The highest BCUT2D eigenvalue weighted by molar-refractivity contribution is 5.53. The molecule has 1 saturated heterocycles. The summed E-state index contributed by atoms with van der Waals surface area (Å²) in [6.07, 6.45) is 4.48. The molecule has 0 amide bonds. The van der Waals surface area contributed by atoms with Crippen LogP contribution in [0.2, 0.25) is 0 Å². The molecule has 0 bridgehead atoms. The van der Waals surface area contributed by atoms with Crippen LogP contribution < -0.4 is 4.74 Å². The number of ether oxygens (including phenoxy) is 2. The Kier molecular flexibility index (Phi) is 3.55. The molecule has 2 aromatic heterocycles. The van der Waals surface area contributed by atoms with Crippen LogP contribution >= 0.6 is 0 Å². The Hall–Kier alpha value is -2.67. The molecule has 7 nitrogen and oxygen atoms in total. The van der Waals surface area contributed by atoms with Crippen molar-refractivity contribution in [2.45, 2.75) is 12.3 Å². The first-order valence-corrected chi connectivity index (χ1v) is 7.45. The number of benzene rings is 1. The average Bonchev–Trinajstić information content (AvgIpc) is 3.34. The van der Waals surface area contributed by atoms with Crippen molar-refractivity contribution in [2.24, 2.45) is 0 Å². The first-order valence-electron chi connectivity index (χ1n) is 7.45. The Balaban J connectivity index is 1.63. The largest absolute Gasteiger partial charge is 0.494 e. The van der Waals surface area contributed by atoms with E-state index in [-0.39, 0.29) is 5.92 Å². The highest BCUT2D eigenvalue weighted by Crippen LogP contribution is 2.27. The number of aromatic nitrogens is 4. The van der Waals surface area contributed by atoms with Gasteiger partial charge in [-0.2, -0.15) is 10.1 Å². The molecule has 1 atom stereocenters. The van der Waals surface area contributed by atoms with Crippen LogP contribution in [0.25, 0.3) is 17.1 Å². The lowest BCUT2D eigenvalue weighted by Crippen LogP contribution is -1.99. The van der Waals surface area contributed by atoms with Crippen molar-refractivity contribution in [3.8, 4) is 22.9 Å². The third-order valence-electron chi connectivity index (χ3n) is 3.90. The average molecular weight is 312 g/mol. The first kappa shape index (κ1) is 14.0. The summed E-state index contributed by atoms with van der Waals surface area (Å²) in [4.78, 5) is 4.47. The zero-order valence-corrected chi connectivity index (χ0v) is 12.7. The quantitative estimate of drug-likeness (QED) is 0.736. The Morgan fingerprint density at radius 1 is 1.30 bits per heavy atom. The number of methoxy groups -OCH3 is 1. The summed E-state index contributed by atoms with van der Waals surface area (Å²) in [6, 6.07) is 7.68. The van der Waals surface area contributed by atoms with Gasteiger partial charge in [-0.3, -0.25) is 0 Å². The van der Waals surface area contributed by atoms with E-state index in [4.69, 9.17) is 14.0 Å². The molecule has 23 heavy (non-hydrogen) atoms. The van der Waals surface area contributed by atoms with E-state index >= 15 is 0 Å². The number of para-hydroxylation sites is 2. The summed E-state index contributed by atoms with van der Waals surface area (Å²) in [5.41, 5.74) is 1.62. The maximum absolute atomic E-state index is 5.37. The Morgan fingerprint density at radius 3 is 3.04 bits per heavy atom. The fraction of sp³-hybridized carbons (Fsp3) is 0.312. The van der Waals surface area contributed by atoms with Gasteiger partial charge in [0.1, 0.15) is 11.4 Å². The zero-order chi connectivity index (χ0) is 15.6. The van der Waals surface area contributed by atoms with Crippen molar-refractivity contribution in [1.29, 1.82) is 0 Å². The summed E-state index contributed by atoms with van der Waals surface area (Å²) in [7, 11) is 1.64. The first-order chi connectivity index (χ1) is 11.3. The second-order valence-corrected chi connectivity index (χ2v) is 5.36. The van der Waals surface area contributed by atoms with Crippen LogP contribution in [0.5, 0.6) is 5.75 Å². The Bertz CT molecular complexity index is 805. The van der Waals surface area contributed by atoms with Crippen molar-refractivity contribution in [3.05, 3.63) is 42.5 Å². The second-order valence-electron chi connectivity index (χ2n) is 5.36. The van der Waals surface area contributed by atoms with E-state index in [0.717, 1.165) is 30.0 Å². The van der Waals surface area contributed by atoms with Crippen molar-refractivity contribution in [2.75, 3.05) is 20.3 Å². The van der Waals surface area contributed by atoms with Crippen molar-refractivity contribution < 1.29 is 14.0 Å². The fourth-order valence-electron chi connectivity index (χ4n) is 2.64. The molecule has 4 rings (SSSR count). The smallest absolute Gasteiger partial charge is 0.261 e. The van der Waals surface area contributed by atoms with Gasteiger partial charge in [-0.15, -0.1) is 0 Å². The minimum absolute atomic E-state index is 0.219. The molecule has 0 saturated carbocycles. The monoisotopic (exact) mass is 312 g/mol. The lowest BCUT2D eigenvalue weighted by atomic mass is 10.1. The maximum Gasteiger partial charge on any atom is 0.261 e. The molecule has 1 aromatic carbocycles. The van der Waals surface area contributed by atoms with Crippen molar-refractivity contribution >= 4 is 0 Å². The molecule has 0 unspecified atom stereocenters. The summed E-state index contributed by atoms with van der Waals surface area (Å²) in [5, 5.41) is 8.42. The molecule has 1 aliphatic rings. The third-order valence-corrected chi connectivity index (χ3v) is 3.90. The van der Waals surface area contributed by atoms with Crippen LogP contribution in [-0.4, -0.2) is 40.2 Å². The molecular formula is C16H16N4O3. The minimum atomic E-state index is 0.219. The standard InChI is InChI=1S/C16H16N4O3/c1-21-14-5-3-2-4-13(14)20-9-12(8-17-20)16-18-15(19-23-16)11-6-7-22-10-11/h2-5,8-9,11H,6-7,10H2,1H3/t11-/m1/s1. The van der Waals surface area contributed by atoms with Gasteiger partial charge < -0.3 is 14.0 Å². The van der Waals surface area contributed by atoms with Gasteiger partial charge in [0.15, 0.2) is 5.82 Å². The summed E-state index contributed by atoms with van der Waals surface area (Å²) in [6.45, 7) is 1.40. The van der Waals surface area contributed by atoms with Crippen LogP contribution in [0, 0.1) is 0 Å². The predicted octanol–water partition coefficient (Wildman–Crippen LogP) is 2.43. The predicted molar refractivity (Wildman–Crippen MR) is 81.6 cm³/mol. The van der Waals surface area contributed by atoms with E-state index in [0.29, 0.717) is 18.3 Å². The van der Waals surface area contributed by atoms with Crippen LogP contribution in [-0.2, 0) is 4.74 Å². The number of nitrogens with zero attached hydrogens (tertiary/aromatic N) is 4. The van der Waals surface area contributed by atoms with Crippen LogP contribution in [0.1, 0.15) is 18.2 Å². The van der Waals surface area contributed by atoms with E-state index in [1.807, 2.05) is 30.5 Å². The molecule has 118 valence electrons. The molecule has 0 spiro atoms. The van der Waals surface area contributed by atoms with Gasteiger partial charge in [-0.1, -0.05) is 17.3 Å². The highest BCUT2D eigenvalue weighted by Gasteiger charge is 2.24. The molecule has 1 fully saturated rings. The van der Waals surface area contributed by atoms with Crippen LogP contribution in [0.15, 0.2) is 41.2 Å². The second kappa shape index (κ2) is 5.85. The fourth-order valence-corrected chi connectivity index (χ4v) is 2.64. The molecule has 1 aliphatic heterocycles. The molecule has 3 heterocycles. The summed E-state index contributed by atoms with van der Waals surface area (Å²) in [5.74, 6) is 2.13. The number of rotatable bonds is 4. The molecule has 0 N–H and O–H groups in total. The van der Waals surface area contributed by atoms with Gasteiger partial charge in [0.05, 0.1) is 25.5 Å².